The number of rotatable bonds is 2. The summed E-state index contributed by atoms with van der Waals surface area (Å²) in [5.41, 5.74) is -0.347. The minimum atomic E-state index is -1.22. The van der Waals surface area contributed by atoms with Crippen molar-refractivity contribution in [1.29, 1.82) is 0 Å². The largest absolute Gasteiger partial charge is 0.477 e. The van der Waals surface area contributed by atoms with E-state index in [2.05, 4.69) is 0 Å². The lowest BCUT2D eigenvalue weighted by molar-refractivity contribution is -0.137. The lowest BCUT2D eigenvalue weighted by atomic mass is 10.3. The Hall–Kier alpha value is -1.72. The van der Waals surface area contributed by atoms with Crippen LogP contribution in [0.4, 0.5) is 0 Å². The van der Waals surface area contributed by atoms with Gasteiger partial charge in [0.15, 0.2) is 11.4 Å². The zero-order valence-electron chi connectivity index (χ0n) is 8.18. The maximum atomic E-state index is 10.8. The Kier molecular flexibility index (Phi) is 2.37. The van der Waals surface area contributed by atoms with Crippen molar-refractivity contribution in [3.05, 3.63) is 11.4 Å². The van der Waals surface area contributed by atoms with Crippen LogP contribution in [0.5, 0.6) is 0 Å². The maximum Gasteiger partial charge on any atom is 0.354 e. The van der Waals surface area contributed by atoms with E-state index in [0.717, 1.165) is 0 Å². The number of hydrogen-bond acceptors (Lipinski definition) is 4. The van der Waals surface area contributed by atoms with E-state index in [9.17, 15) is 9.59 Å². The van der Waals surface area contributed by atoms with Crippen LogP contribution in [-0.2, 0) is 9.59 Å². The number of nitrogens with zero attached hydrogens (tertiary/aromatic N) is 2. The summed E-state index contributed by atoms with van der Waals surface area (Å²) in [4.78, 5) is 24.5. The van der Waals surface area contributed by atoms with Gasteiger partial charge in [-0.25, -0.2) is 9.59 Å². The first-order valence-electron chi connectivity index (χ1n) is 4.04. The van der Waals surface area contributed by atoms with Crippen molar-refractivity contribution < 1.29 is 19.8 Å². The summed E-state index contributed by atoms with van der Waals surface area (Å²) in [5, 5.41) is 17.7. The Balaban J connectivity index is 3.25. The summed E-state index contributed by atoms with van der Waals surface area (Å²) in [5.74, 6) is -2.44. The molecule has 78 valence electrons. The van der Waals surface area contributed by atoms with Gasteiger partial charge in [0.05, 0.1) is 6.17 Å². The number of carboxylic acid groups (broad SMARTS) is 2. The fourth-order valence-corrected chi connectivity index (χ4v) is 1.47. The van der Waals surface area contributed by atoms with E-state index >= 15 is 0 Å². The Morgan fingerprint density at radius 3 is 1.57 bits per heavy atom. The monoisotopic (exact) mass is 200 g/mol. The molecule has 14 heavy (non-hydrogen) atoms. The summed E-state index contributed by atoms with van der Waals surface area (Å²) in [7, 11) is 3.11. The van der Waals surface area contributed by atoms with Gasteiger partial charge in [-0.15, -0.1) is 0 Å². The van der Waals surface area contributed by atoms with Gasteiger partial charge in [-0.05, 0) is 6.92 Å². The number of aliphatic carboxylic acids is 2. The molecule has 6 heteroatoms. The van der Waals surface area contributed by atoms with Gasteiger partial charge in [0.1, 0.15) is 0 Å². The van der Waals surface area contributed by atoms with Gasteiger partial charge >= 0.3 is 11.9 Å². The van der Waals surface area contributed by atoms with E-state index < -0.39 is 11.9 Å². The molecule has 0 bridgehead atoms. The minimum absolute atomic E-state index is 0.174. The van der Waals surface area contributed by atoms with Crippen molar-refractivity contribution in [2.24, 2.45) is 0 Å². The molecule has 1 rings (SSSR count). The maximum absolute atomic E-state index is 10.8. The predicted octanol–water partition coefficient (Wildman–Crippen LogP) is -0.410. The molecule has 0 amide bonds. The van der Waals surface area contributed by atoms with Crippen LogP contribution in [0.15, 0.2) is 11.4 Å². The summed E-state index contributed by atoms with van der Waals surface area (Å²) in [6.07, 6.45) is -0.257. The summed E-state index contributed by atoms with van der Waals surface area (Å²) in [6.45, 7) is 1.74. The molecule has 0 aromatic rings. The summed E-state index contributed by atoms with van der Waals surface area (Å²) < 4.78 is 0. The van der Waals surface area contributed by atoms with E-state index in [-0.39, 0.29) is 17.6 Å². The molecule has 0 radical (unpaired) electrons. The fourth-order valence-electron chi connectivity index (χ4n) is 1.47. The van der Waals surface area contributed by atoms with E-state index in [0.29, 0.717) is 0 Å². The normalized spacial score (nSPS) is 17.9. The first-order valence-corrected chi connectivity index (χ1v) is 4.04. The third-order valence-corrected chi connectivity index (χ3v) is 2.46. The first kappa shape index (κ1) is 10.4. The van der Waals surface area contributed by atoms with Crippen LogP contribution in [-0.4, -0.2) is 52.2 Å². The second kappa shape index (κ2) is 3.21. The number of carbonyl (C=O) groups is 2. The molecule has 0 atom stereocenters. The third kappa shape index (κ3) is 1.28. The van der Waals surface area contributed by atoms with Crippen LogP contribution in [0.1, 0.15) is 6.92 Å². The van der Waals surface area contributed by atoms with Crippen LogP contribution < -0.4 is 0 Å². The van der Waals surface area contributed by atoms with Crippen molar-refractivity contribution in [2.45, 2.75) is 13.1 Å². The lowest BCUT2D eigenvalue weighted by Crippen LogP contribution is -2.34. The van der Waals surface area contributed by atoms with Crippen LogP contribution >= 0.6 is 0 Å². The average Bonchev–Trinajstić information content (AvgIpc) is 2.29. The third-order valence-electron chi connectivity index (χ3n) is 2.46. The molecule has 1 aliphatic heterocycles. The molecule has 0 saturated carbocycles. The first-order chi connectivity index (χ1) is 6.37. The van der Waals surface area contributed by atoms with Gasteiger partial charge in [-0.3, -0.25) is 0 Å². The van der Waals surface area contributed by atoms with Crippen LogP contribution in [0.3, 0.4) is 0 Å². The van der Waals surface area contributed by atoms with E-state index in [4.69, 9.17) is 10.2 Å². The zero-order chi connectivity index (χ0) is 11.0. The minimum Gasteiger partial charge on any atom is -0.477 e. The highest BCUT2D eigenvalue weighted by Crippen LogP contribution is 2.26. The molecular weight excluding hydrogens is 188 g/mol. The molecular formula is C8H12N2O4. The van der Waals surface area contributed by atoms with Gasteiger partial charge in [-0.2, -0.15) is 0 Å². The number of carboxylic acids is 2. The molecule has 2 N–H and O–H groups in total. The lowest BCUT2D eigenvalue weighted by Gasteiger charge is -2.24. The average molecular weight is 200 g/mol. The molecule has 0 fully saturated rings. The number of hydrogen-bond donors (Lipinski definition) is 2. The Labute approximate surface area is 81.0 Å². The quantitative estimate of drug-likeness (QED) is 0.630. The van der Waals surface area contributed by atoms with Crippen molar-refractivity contribution in [1.82, 2.24) is 9.80 Å². The van der Waals surface area contributed by atoms with Crippen molar-refractivity contribution in [3.8, 4) is 0 Å². The smallest absolute Gasteiger partial charge is 0.354 e. The predicted molar refractivity (Wildman–Crippen MR) is 47.3 cm³/mol. The second-order valence-electron chi connectivity index (χ2n) is 3.16. The van der Waals surface area contributed by atoms with Crippen LogP contribution in [0.2, 0.25) is 0 Å². The highest BCUT2D eigenvalue weighted by molar-refractivity contribution is 5.98. The standard InChI is InChI=1S/C8H12N2O4/c1-4-9(2)5(7(11)12)6(8(13)14)10(4)3/h4H,1-3H3,(H,11,12)(H,13,14). The van der Waals surface area contributed by atoms with Gasteiger partial charge in [0.25, 0.3) is 0 Å². The van der Waals surface area contributed by atoms with Crippen molar-refractivity contribution in [3.63, 3.8) is 0 Å². The van der Waals surface area contributed by atoms with Crippen molar-refractivity contribution in [2.75, 3.05) is 14.1 Å². The van der Waals surface area contributed by atoms with E-state index in [1.165, 1.54) is 9.80 Å². The topological polar surface area (TPSA) is 81.1 Å². The van der Waals surface area contributed by atoms with Gasteiger partial charge in [0.2, 0.25) is 0 Å². The fraction of sp³-hybridized carbons (Fsp3) is 0.500. The van der Waals surface area contributed by atoms with Crippen LogP contribution in [0.25, 0.3) is 0 Å². The molecule has 0 aromatic carbocycles. The van der Waals surface area contributed by atoms with Gasteiger partial charge in [-0.1, -0.05) is 0 Å². The molecule has 0 unspecified atom stereocenters. The van der Waals surface area contributed by atoms with Crippen molar-refractivity contribution >= 4 is 11.9 Å². The van der Waals surface area contributed by atoms with Crippen LogP contribution in [0, 0.1) is 0 Å². The van der Waals surface area contributed by atoms with Gasteiger partial charge < -0.3 is 20.0 Å². The molecule has 0 spiro atoms. The zero-order valence-corrected chi connectivity index (χ0v) is 8.18. The highest BCUT2D eigenvalue weighted by Gasteiger charge is 2.38. The molecule has 6 nitrogen and oxygen atoms in total. The Morgan fingerprint density at radius 2 is 1.36 bits per heavy atom. The molecule has 0 aliphatic carbocycles. The Bertz CT molecular complexity index is 293. The van der Waals surface area contributed by atoms with E-state index in [1.54, 1.807) is 21.0 Å². The number of likely N-dealkylation sites (N-methyl/N-ethyl adjacent to an activating group) is 2. The Morgan fingerprint density at radius 1 is 1.07 bits per heavy atom. The molecule has 0 aromatic heterocycles. The molecule has 1 heterocycles. The van der Waals surface area contributed by atoms with Gasteiger partial charge in [0, 0.05) is 14.1 Å². The summed E-state index contributed by atoms with van der Waals surface area (Å²) >= 11 is 0. The molecule has 1 aliphatic rings. The SMILES string of the molecule is CC1N(C)C(C(=O)O)=C(C(=O)O)N1C. The highest BCUT2D eigenvalue weighted by atomic mass is 16.4. The second-order valence-corrected chi connectivity index (χ2v) is 3.16. The summed E-state index contributed by atoms with van der Waals surface area (Å²) in [6, 6.07) is 0. The molecule has 0 saturated heterocycles. The van der Waals surface area contributed by atoms with E-state index in [1.807, 2.05) is 0 Å².